The first kappa shape index (κ1) is 65.4. The highest BCUT2D eigenvalue weighted by Gasteiger charge is 2.52. The maximum Gasteiger partial charge on any atom is 0.561 e. The maximum atomic E-state index is 12.5. The molecule has 0 fully saturated rings. The predicted molar refractivity (Wildman–Crippen MR) is 221 cm³/mol. The summed E-state index contributed by atoms with van der Waals surface area (Å²) in [7, 11) is 6.88. The molecule has 0 aromatic heterocycles. The Morgan fingerprint density at radius 3 is 0.646 bits per heavy atom. The van der Waals surface area contributed by atoms with E-state index in [0.29, 0.717) is 5.33 Å². The van der Waals surface area contributed by atoms with Crippen molar-refractivity contribution in [2.24, 2.45) is 0 Å². The molecule has 0 rings (SSSR count). The van der Waals surface area contributed by atoms with Crippen LogP contribution in [-0.2, 0) is 0 Å². The van der Waals surface area contributed by atoms with Gasteiger partial charge in [-0.25, -0.2) is 38.9 Å². The summed E-state index contributed by atoms with van der Waals surface area (Å²) < 4.78 is 40.4. The van der Waals surface area contributed by atoms with Crippen LogP contribution in [0.15, 0.2) is 0 Å². The Kier molecular flexibility index (Phi) is 53.4. The first-order valence-corrected chi connectivity index (χ1v) is 21.7. The summed E-state index contributed by atoms with van der Waals surface area (Å²) in [6, 6.07) is 0. The van der Waals surface area contributed by atoms with E-state index in [9.17, 15) is 28.2 Å². The monoisotopic (exact) mass is 1020 g/mol. The van der Waals surface area contributed by atoms with E-state index in [1.54, 1.807) is 13.8 Å². The van der Waals surface area contributed by atoms with Crippen molar-refractivity contribution >= 4 is 113 Å². The molecule has 48 heavy (non-hydrogen) atoms. The molecule has 0 aliphatic carbocycles. The minimum atomic E-state index is -4.13. The Hall–Kier alpha value is 2.49. The van der Waals surface area contributed by atoms with Gasteiger partial charge in [-0.2, -0.15) is 47.3 Å². The number of halogens is 10. The van der Waals surface area contributed by atoms with Gasteiger partial charge in [0.25, 0.3) is 0 Å². The molecule has 0 saturated carbocycles. The molecule has 0 radical (unpaired) electrons. The third-order valence-corrected chi connectivity index (χ3v) is 9.49. The lowest BCUT2D eigenvalue weighted by molar-refractivity contribution is -1.02. The molecular weight excluding hydrogens is 956 g/mol. The summed E-state index contributed by atoms with van der Waals surface area (Å²) in [5, 5.41) is 24.6. The zero-order valence-electron chi connectivity index (χ0n) is 32.2. The summed E-state index contributed by atoms with van der Waals surface area (Å²) >= 11 is 24.4. The van der Waals surface area contributed by atoms with Crippen LogP contribution in [0.3, 0.4) is 0 Å². The Balaban J connectivity index is -0.0000000849. The summed E-state index contributed by atoms with van der Waals surface area (Å²) in [6.07, 6.45) is -4.13. The molecular formula is C28H68B3Br4Cl3F3N4O3+. The molecule has 0 aliphatic rings. The van der Waals surface area contributed by atoms with Crippen LogP contribution in [0.2, 0.25) is 0 Å². The molecule has 0 unspecified atom stereocenters. The first-order valence-electron chi connectivity index (χ1n) is 16.5. The van der Waals surface area contributed by atoms with Crippen molar-refractivity contribution in [3.05, 3.63) is 0 Å². The van der Waals surface area contributed by atoms with E-state index in [0.717, 1.165) is 0 Å². The highest BCUT2D eigenvalue weighted by atomic mass is 79.9. The van der Waals surface area contributed by atoms with Crippen LogP contribution in [0.25, 0.3) is 0 Å². The predicted octanol–water partition coefficient (Wildman–Crippen LogP) is 7.13. The topological polar surface area (TPSA) is 69.2 Å². The quantitative estimate of drug-likeness (QED) is 0.0855. The number of hydrogen-bond acceptors (Lipinski definition) is 3. The maximum absolute atomic E-state index is 12.5. The Labute approximate surface area is 344 Å². The second-order valence-electron chi connectivity index (χ2n) is 11.1. The second-order valence-corrected chi connectivity index (χ2v) is 17.2. The Morgan fingerprint density at radius 1 is 0.479 bits per heavy atom. The van der Waals surface area contributed by atoms with Gasteiger partial charge >= 0.3 is 6.30 Å². The molecule has 0 aromatic rings. The van der Waals surface area contributed by atoms with Crippen molar-refractivity contribution in [3.63, 3.8) is 0 Å². The summed E-state index contributed by atoms with van der Waals surface area (Å²) in [6.45, 7) is 35.0. The Bertz CT molecular complexity index is 562. The number of hydrogen-bond donors (Lipinski definition) is 0. The van der Waals surface area contributed by atoms with Gasteiger partial charge in [0.1, 0.15) is 0 Å². The molecule has 0 spiro atoms. The van der Waals surface area contributed by atoms with Crippen molar-refractivity contribution in [3.8, 4) is 0 Å². The van der Waals surface area contributed by atoms with Crippen LogP contribution in [-0.4, -0.2) is 145 Å². The van der Waals surface area contributed by atoms with Crippen LogP contribution in [0.4, 0.5) is 13.2 Å². The third kappa shape index (κ3) is 46.5. The molecule has 0 amide bonds. The number of nitrogens with zero attached hydrogens (tertiary/aromatic N) is 4. The van der Waals surface area contributed by atoms with Crippen LogP contribution in [0.5, 0.6) is 0 Å². The van der Waals surface area contributed by atoms with E-state index in [1.807, 2.05) is 0 Å². The largest absolute Gasteiger partial charge is 0.857 e. The molecule has 0 heterocycles. The van der Waals surface area contributed by atoms with Crippen LogP contribution in [0.1, 0.15) is 76.2 Å². The van der Waals surface area contributed by atoms with Crippen LogP contribution < -0.4 is 15.1 Å². The fraction of sp³-hybridized carbons (Fsp3) is 1.00. The molecule has 0 aliphatic heterocycles. The molecule has 0 atom stereocenters. The zero-order chi connectivity index (χ0) is 40.4. The van der Waals surface area contributed by atoms with Gasteiger partial charge in [-0.3, -0.25) is 0 Å². The van der Waals surface area contributed by atoms with E-state index in [2.05, 4.69) is 181 Å². The summed E-state index contributed by atoms with van der Waals surface area (Å²) in [5.41, 5.74) is 0. The second kappa shape index (κ2) is 39.2. The highest BCUT2D eigenvalue weighted by Crippen LogP contribution is 2.30. The van der Waals surface area contributed by atoms with Crippen molar-refractivity contribution < 1.29 is 46.2 Å². The molecule has 0 saturated heterocycles. The van der Waals surface area contributed by atoms with Crippen molar-refractivity contribution in [2.45, 2.75) is 82.5 Å². The first-order chi connectivity index (χ1) is 21.7. The van der Waals surface area contributed by atoms with Crippen molar-refractivity contribution in [1.29, 1.82) is 0 Å². The summed E-state index contributed by atoms with van der Waals surface area (Å²) in [5.74, 6) is 0. The smallest absolute Gasteiger partial charge is 0.561 e. The van der Waals surface area contributed by atoms with Crippen molar-refractivity contribution in [1.82, 2.24) is 0 Å². The van der Waals surface area contributed by atoms with Gasteiger partial charge in [-0.05, 0) is 76.2 Å². The van der Waals surface area contributed by atoms with Gasteiger partial charge in [-0.15, -0.1) is 13.2 Å². The van der Waals surface area contributed by atoms with E-state index < -0.39 is 26.2 Å². The molecule has 7 nitrogen and oxygen atoms in total. The van der Waals surface area contributed by atoms with E-state index in [-0.39, 0.29) is 19.6 Å². The van der Waals surface area contributed by atoms with E-state index >= 15 is 0 Å². The fourth-order valence-corrected chi connectivity index (χ4v) is 3.88. The highest BCUT2D eigenvalue weighted by molar-refractivity contribution is 9.25. The lowest BCUT2D eigenvalue weighted by atomic mass is 10.4. The lowest BCUT2D eigenvalue weighted by Crippen LogP contribution is -2.58. The minimum absolute atomic E-state index is 0.103. The molecule has 20 heteroatoms. The fourth-order valence-electron chi connectivity index (χ4n) is 3.20. The van der Waals surface area contributed by atoms with E-state index in [1.165, 1.54) is 72.4 Å². The van der Waals surface area contributed by atoms with Gasteiger partial charge in [0.15, 0.2) is 0 Å². The molecule has 0 aromatic carbocycles. The van der Waals surface area contributed by atoms with Crippen LogP contribution >= 0.6 is 97.6 Å². The average Bonchev–Trinajstić information content (AvgIpc) is 3.02. The number of quaternary nitrogens is 4. The SMILES string of the molecule is CC[N+](C)(CC)CC.CC[N+](C)(CC)CC.CC[N+](C)(CC)CC.CC[N+](CC)(CCBr)C(F)(F)F.[O-]B(Cl)Br.[O-]B(Cl)Br.[O-]B(Cl)Br. The zero-order valence-corrected chi connectivity index (χ0v) is 40.8. The standard InChI is InChI=1S/C7H14BrF3N.3C7H18N.3BBrClO/c1-3-12(4-2,6-5-8)7(9,10)11;3*1-5-8(4,6-2)7-3;3*2-1(3)4/h3-6H2,1-2H3;3*5-7H2,1-4H3;;;/q4*+1;3*-1. The third-order valence-electron chi connectivity index (χ3n) is 9.13. The number of rotatable bonds is 13. The lowest BCUT2D eigenvalue weighted by Gasteiger charge is -2.36. The molecule has 296 valence electrons. The number of alkyl halides is 4. The van der Waals surface area contributed by atoms with Gasteiger partial charge in [0.2, 0.25) is 15.5 Å². The Morgan fingerprint density at radius 2 is 0.625 bits per heavy atom. The van der Waals surface area contributed by atoms with Gasteiger partial charge in [-0.1, -0.05) is 15.9 Å². The normalized spacial score (nSPS) is 11.1. The van der Waals surface area contributed by atoms with Gasteiger partial charge < -0.3 is 28.5 Å². The van der Waals surface area contributed by atoms with Crippen LogP contribution in [0, 0.1) is 0 Å². The molecule has 0 bridgehead atoms. The average molecular weight is 1020 g/mol. The molecule has 0 N–H and O–H groups in total. The van der Waals surface area contributed by atoms with E-state index in [4.69, 9.17) is 0 Å². The minimum Gasteiger partial charge on any atom is -0.857 e. The van der Waals surface area contributed by atoms with Crippen molar-refractivity contribution in [2.75, 3.05) is 105 Å². The van der Waals surface area contributed by atoms with Gasteiger partial charge in [0.05, 0.1) is 105 Å². The summed E-state index contributed by atoms with van der Waals surface area (Å²) in [4.78, 5) is 0. The van der Waals surface area contributed by atoms with Gasteiger partial charge in [0, 0.05) is 0 Å².